The largest absolute Gasteiger partial charge is 0.346 e. The Morgan fingerprint density at radius 2 is 1.66 bits per heavy atom. The second-order valence-electron chi connectivity index (χ2n) is 9.86. The lowest BCUT2D eigenvalue weighted by molar-refractivity contribution is 0.426. The van der Waals surface area contributed by atoms with Crippen LogP contribution in [0.15, 0.2) is 96.0 Å². The summed E-state index contributed by atoms with van der Waals surface area (Å²) in [5.41, 5.74) is 5.87. The molecule has 2 aliphatic rings. The molecule has 3 aromatic carbocycles. The third-order valence-electron chi connectivity index (χ3n) is 7.45. The molecule has 1 atom stereocenters. The van der Waals surface area contributed by atoms with Crippen molar-refractivity contribution in [1.82, 2.24) is 8.87 Å². The third-order valence-corrected chi connectivity index (χ3v) is 9.31. The predicted molar refractivity (Wildman–Crippen MR) is 142 cm³/mol. The Hall–Kier alpha value is -3.15. The van der Waals surface area contributed by atoms with Gasteiger partial charge in [0.05, 0.1) is 4.90 Å². The van der Waals surface area contributed by atoms with Gasteiger partial charge in [-0.1, -0.05) is 66.2 Å². The van der Waals surface area contributed by atoms with Crippen LogP contribution in [0.25, 0.3) is 16.5 Å². The summed E-state index contributed by atoms with van der Waals surface area (Å²) in [7, 11) is -3.66. The van der Waals surface area contributed by atoms with E-state index in [1.807, 2.05) is 31.2 Å². The van der Waals surface area contributed by atoms with Crippen molar-refractivity contribution in [3.8, 4) is 0 Å². The first-order valence-electron chi connectivity index (χ1n) is 12.4. The molecule has 1 aromatic heterocycles. The van der Waals surface area contributed by atoms with Crippen LogP contribution < -0.4 is 0 Å². The number of aromatic nitrogens is 1. The van der Waals surface area contributed by atoms with Crippen LogP contribution in [0.5, 0.6) is 0 Å². The van der Waals surface area contributed by atoms with Crippen LogP contribution in [0.1, 0.15) is 35.4 Å². The Balaban J connectivity index is 1.34. The highest BCUT2D eigenvalue weighted by Crippen LogP contribution is 2.49. The van der Waals surface area contributed by atoms with Crippen LogP contribution in [0.2, 0.25) is 0 Å². The fourth-order valence-corrected chi connectivity index (χ4v) is 6.76. The molecule has 0 bridgehead atoms. The lowest BCUT2D eigenvalue weighted by Crippen LogP contribution is -2.35. The number of hydrogen-bond donors (Lipinski definition) is 0. The standard InChI is InChI=1S/C30H30N2O2S/c1-22-10-14-26(15-11-22)35(33,34)32(19-18-31-17-16-24-6-2-5-9-30(24)31)21-25-20-29(23-12-13-23)28-8-4-3-7-27(25)28/h2-11,14-17,20,23,29H,12-13,18-19,21H2,1H3. The molecule has 5 heteroatoms. The summed E-state index contributed by atoms with van der Waals surface area (Å²) in [5.74, 6) is 1.11. The van der Waals surface area contributed by atoms with Crippen molar-refractivity contribution in [2.24, 2.45) is 5.92 Å². The van der Waals surface area contributed by atoms with E-state index in [-0.39, 0.29) is 0 Å². The minimum Gasteiger partial charge on any atom is -0.346 e. The first-order chi connectivity index (χ1) is 17.0. The number of hydrogen-bond acceptors (Lipinski definition) is 2. The van der Waals surface area contributed by atoms with Crippen molar-refractivity contribution < 1.29 is 8.42 Å². The topological polar surface area (TPSA) is 42.3 Å². The van der Waals surface area contributed by atoms with Crippen LogP contribution in [0.3, 0.4) is 0 Å². The number of rotatable bonds is 8. The van der Waals surface area contributed by atoms with Crippen molar-refractivity contribution in [2.45, 2.75) is 37.1 Å². The molecule has 6 rings (SSSR count). The van der Waals surface area contributed by atoms with E-state index in [0.29, 0.717) is 36.4 Å². The quantitative estimate of drug-likeness (QED) is 0.299. The normalized spacial score (nSPS) is 17.7. The van der Waals surface area contributed by atoms with E-state index < -0.39 is 10.0 Å². The maximum Gasteiger partial charge on any atom is 0.243 e. The molecule has 0 radical (unpaired) electrons. The lowest BCUT2D eigenvalue weighted by atomic mass is 9.96. The molecule has 2 aliphatic carbocycles. The third kappa shape index (κ3) is 4.24. The van der Waals surface area contributed by atoms with E-state index in [9.17, 15) is 8.42 Å². The molecule has 1 fully saturated rings. The molecule has 1 heterocycles. The Labute approximate surface area is 207 Å². The second-order valence-corrected chi connectivity index (χ2v) is 11.8. The lowest BCUT2D eigenvalue weighted by Gasteiger charge is -2.24. The van der Waals surface area contributed by atoms with Gasteiger partial charge in [-0.3, -0.25) is 0 Å². The molecular formula is C30H30N2O2S. The molecular weight excluding hydrogens is 452 g/mol. The van der Waals surface area contributed by atoms with Crippen LogP contribution in [0.4, 0.5) is 0 Å². The summed E-state index contributed by atoms with van der Waals surface area (Å²) < 4.78 is 31.6. The molecule has 0 aliphatic heterocycles. The molecule has 35 heavy (non-hydrogen) atoms. The van der Waals surface area contributed by atoms with Gasteiger partial charge in [0.1, 0.15) is 0 Å². The van der Waals surface area contributed by atoms with Gasteiger partial charge >= 0.3 is 0 Å². The Morgan fingerprint density at radius 1 is 0.914 bits per heavy atom. The van der Waals surface area contributed by atoms with Gasteiger partial charge in [0.25, 0.3) is 0 Å². The minimum atomic E-state index is -3.66. The van der Waals surface area contributed by atoms with E-state index in [0.717, 1.165) is 16.7 Å². The van der Waals surface area contributed by atoms with E-state index in [2.05, 4.69) is 59.3 Å². The molecule has 1 unspecified atom stereocenters. The monoisotopic (exact) mass is 482 g/mol. The van der Waals surface area contributed by atoms with E-state index in [1.54, 1.807) is 16.4 Å². The average Bonchev–Trinajstić information content (AvgIpc) is 3.53. The zero-order valence-corrected chi connectivity index (χ0v) is 20.8. The molecule has 178 valence electrons. The van der Waals surface area contributed by atoms with Crippen molar-refractivity contribution in [3.63, 3.8) is 0 Å². The summed E-state index contributed by atoms with van der Waals surface area (Å²) in [6, 6.07) is 26.1. The summed E-state index contributed by atoms with van der Waals surface area (Å²) in [5, 5.41) is 1.17. The van der Waals surface area contributed by atoms with Crippen molar-refractivity contribution in [1.29, 1.82) is 0 Å². The van der Waals surface area contributed by atoms with Crippen molar-refractivity contribution >= 4 is 26.5 Å². The predicted octanol–water partition coefficient (Wildman–Crippen LogP) is 6.23. The molecule has 0 spiro atoms. The van der Waals surface area contributed by atoms with Gasteiger partial charge in [-0.2, -0.15) is 4.31 Å². The highest BCUT2D eigenvalue weighted by atomic mass is 32.2. The number of para-hydroxylation sites is 1. The van der Waals surface area contributed by atoms with E-state index in [4.69, 9.17) is 0 Å². The molecule has 0 N–H and O–H groups in total. The SMILES string of the molecule is Cc1ccc(S(=O)(=O)N(CCn2ccc3ccccc32)CC2=CC(C3CC3)c3ccccc32)cc1. The van der Waals surface area contributed by atoms with Gasteiger partial charge in [-0.15, -0.1) is 0 Å². The minimum absolute atomic E-state index is 0.353. The number of benzene rings is 3. The number of allylic oxidation sites excluding steroid dienone is 1. The molecule has 4 aromatic rings. The maximum atomic E-state index is 13.9. The van der Waals surface area contributed by atoms with Gasteiger partial charge in [0.15, 0.2) is 0 Å². The summed E-state index contributed by atoms with van der Waals surface area (Å²) >= 11 is 0. The highest BCUT2D eigenvalue weighted by molar-refractivity contribution is 7.89. The first kappa shape index (κ1) is 22.3. The van der Waals surface area contributed by atoms with Gasteiger partial charge in [-0.25, -0.2) is 8.42 Å². The van der Waals surface area contributed by atoms with Crippen LogP contribution in [-0.2, 0) is 16.6 Å². The van der Waals surface area contributed by atoms with Crippen molar-refractivity contribution in [2.75, 3.05) is 13.1 Å². The van der Waals surface area contributed by atoms with Crippen molar-refractivity contribution in [3.05, 3.63) is 108 Å². The molecule has 0 amide bonds. The number of sulfonamides is 1. The smallest absolute Gasteiger partial charge is 0.243 e. The van der Waals surface area contributed by atoms with Crippen LogP contribution in [-0.4, -0.2) is 30.4 Å². The zero-order valence-electron chi connectivity index (χ0n) is 20.0. The molecule has 4 nitrogen and oxygen atoms in total. The summed E-state index contributed by atoms with van der Waals surface area (Å²) in [6.07, 6.45) is 6.91. The fraction of sp³-hybridized carbons (Fsp3) is 0.267. The Morgan fingerprint density at radius 3 is 2.46 bits per heavy atom. The Bertz CT molecular complexity index is 1510. The first-order valence-corrected chi connectivity index (χ1v) is 13.9. The van der Waals surface area contributed by atoms with Gasteiger partial charge in [0, 0.05) is 37.3 Å². The van der Waals surface area contributed by atoms with Gasteiger partial charge < -0.3 is 4.57 Å². The van der Waals surface area contributed by atoms with Crippen LogP contribution >= 0.6 is 0 Å². The maximum absolute atomic E-state index is 13.9. The van der Waals surface area contributed by atoms with E-state index >= 15 is 0 Å². The highest BCUT2D eigenvalue weighted by Gasteiger charge is 2.37. The number of nitrogens with zero attached hydrogens (tertiary/aromatic N) is 2. The summed E-state index contributed by atoms with van der Waals surface area (Å²) in [6.45, 7) is 3.36. The summed E-state index contributed by atoms with van der Waals surface area (Å²) in [4.78, 5) is 0.353. The van der Waals surface area contributed by atoms with Gasteiger partial charge in [0.2, 0.25) is 10.0 Å². The van der Waals surface area contributed by atoms with E-state index in [1.165, 1.54) is 29.4 Å². The fourth-order valence-electron chi connectivity index (χ4n) is 5.35. The number of fused-ring (bicyclic) bond motifs is 2. The van der Waals surface area contributed by atoms with Gasteiger partial charge in [-0.05, 0) is 72.0 Å². The molecule has 1 saturated carbocycles. The van der Waals surface area contributed by atoms with Crippen LogP contribution in [0, 0.1) is 12.8 Å². The second kappa shape index (κ2) is 8.81. The zero-order chi connectivity index (χ0) is 24.0. The molecule has 0 saturated heterocycles. The number of aryl methyl sites for hydroxylation is 1. The Kier molecular flexibility index (Phi) is 5.62. The average molecular weight is 483 g/mol.